The number of aromatic amines is 1. The Bertz CT molecular complexity index is 641. The first-order chi connectivity index (χ1) is 9.62. The van der Waals surface area contributed by atoms with Crippen molar-refractivity contribution >= 4 is 0 Å². The van der Waals surface area contributed by atoms with Crippen molar-refractivity contribution in [1.29, 1.82) is 0 Å². The van der Waals surface area contributed by atoms with E-state index in [1.165, 1.54) is 0 Å². The summed E-state index contributed by atoms with van der Waals surface area (Å²) in [6.07, 6.45) is -4.19. The Morgan fingerprint density at radius 2 is 2.39 bits per heavy atom. The Hall–Kier alpha value is -1.48. The molecule has 0 aliphatic carbocycles. The van der Waals surface area contributed by atoms with Crippen LogP contribution in [0.4, 0.5) is 0 Å². The van der Waals surface area contributed by atoms with E-state index in [1.54, 1.807) is 0 Å². The summed E-state index contributed by atoms with van der Waals surface area (Å²) in [6.45, 7) is -3.86. The third kappa shape index (κ3) is 1.89. The van der Waals surface area contributed by atoms with Crippen molar-refractivity contribution < 1.29 is 24.2 Å². The largest absolute Gasteiger partial charge is 0.394 e. The predicted octanol–water partition coefficient (Wildman–Crippen LogP) is -2.46. The highest BCUT2D eigenvalue weighted by Crippen LogP contribution is 2.36. The lowest BCUT2D eigenvalue weighted by Crippen LogP contribution is -2.46. The average Bonchev–Trinajstić information content (AvgIpc) is 2.63. The highest BCUT2D eigenvalue weighted by atomic mass is 16.6. The molecule has 100 valence electrons. The second-order valence-electron chi connectivity index (χ2n) is 4.00. The van der Waals surface area contributed by atoms with Gasteiger partial charge in [-0.1, -0.05) is 0 Å². The first-order valence-corrected chi connectivity index (χ1v) is 5.11. The Kier molecular flexibility index (Phi) is 2.27. The van der Waals surface area contributed by atoms with E-state index in [1.807, 2.05) is 4.98 Å². The van der Waals surface area contributed by atoms with Gasteiger partial charge in [-0.05, 0) is 6.85 Å². The fourth-order valence-electron chi connectivity index (χ4n) is 1.81. The zero-order chi connectivity index (χ0) is 16.0. The molecule has 1 aromatic heterocycles. The van der Waals surface area contributed by atoms with Crippen LogP contribution in [0, 0.1) is 0 Å². The number of H-pyrrole nitrogens is 1. The summed E-state index contributed by atoms with van der Waals surface area (Å²) in [5, 5.41) is 29.4. The molecule has 1 fully saturated rings. The summed E-state index contributed by atoms with van der Waals surface area (Å²) in [5.74, 6) is 0. The molecule has 4 N–H and O–H groups in total. The summed E-state index contributed by atoms with van der Waals surface area (Å²) >= 11 is 0. The molecule has 8 nitrogen and oxygen atoms in total. The third-order valence-electron chi connectivity index (χ3n) is 2.77. The molecular formula is C10H14N2O6. The maximum Gasteiger partial charge on any atom is 0.330 e. The van der Waals surface area contributed by atoms with Gasteiger partial charge in [-0.15, -0.1) is 0 Å². The SMILES string of the molecule is [2H][13C]([2H])([2H])[C@]1(O)[C@H](O)[C@@H](CO)O[C@H]1n1ccc(=O)[nH]c1=O. The van der Waals surface area contributed by atoms with Gasteiger partial charge in [0.15, 0.2) is 6.23 Å². The van der Waals surface area contributed by atoms with Gasteiger partial charge in [0.05, 0.1) is 6.61 Å². The fourth-order valence-corrected chi connectivity index (χ4v) is 1.81. The van der Waals surface area contributed by atoms with Crippen LogP contribution in [-0.2, 0) is 4.74 Å². The molecule has 2 heterocycles. The fraction of sp³-hybridized carbons (Fsp3) is 0.600. The van der Waals surface area contributed by atoms with E-state index in [2.05, 4.69) is 0 Å². The van der Waals surface area contributed by atoms with E-state index in [-0.39, 0.29) is 0 Å². The first kappa shape index (κ1) is 9.45. The molecule has 0 radical (unpaired) electrons. The second kappa shape index (κ2) is 4.32. The smallest absolute Gasteiger partial charge is 0.330 e. The minimum Gasteiger partial charge on any atom is -0.394 e. The molecule has 18 heavy (non-hydrogen) atoms. The van der Waals surface area contributed by atoms with Crippen molar-refractivity contribution in [2.75, 3.05) is 6.61 Å². The number of hydrogen-bond acceptors (Lipinski definition) is 6. The van der Waals surface area contributed by atoms with Crippen LogP contribution >= 0.6 is 0 Å². The zero-order valence-corrected chi connectivity index (χ0v) is 9.11. The molecule has 0 amide bonds. The monoisotopic (exact) mass is 262 g/mol. The minimum absolute atomic E-state index is 0.645. The maximum atomic E-state index is 11.7. The number of aliphatic hydroxyl groups excluding tert-OH is 2. The summed E-state index contributed by atoms with van der Waals surface area (Å²) in [6, 6.07) is 0.934. The Morgan fingerprint density at radius 3 is 2.94 bits per heavy atom. The van der Waals surface area contributed by atoms with Crippen molar-refractivity contribution in [3.05, 3.63) is 33.1 Å². The quantitative estimate of drug-likeness (QED) is 0.438. The van der Waals surface area contributed by atoms with Crippen LogP contribution < -0.4 is 11.2 Å². The molecule has 1 saturated heterocycles. The standard InChI is InChI=1S/C10H14N2O6/c1-10(17)7(15)5(4-13)18-8(10)12-3-2-6(14)11-9(12)16/h2-3,5,7-8,13,15,17H,4H2,1H3,(H,11,14,16)/t5-,7-,8-,10+/m1/s1/i1+1D3. The zero-order valence-electron chi connectivity index (χ0n) is 12.1. The van der Waals surface area contributed by atoms with Crippen molar-refractivity contribution in [2.45, 2.75) is 30.9 Å². The lowest BCUT2D eigenvalue weighted by Gasteiger charge is -2.27. The predicted molar refractivity (Wildman–Crippen MR) is 58.9 cm³/mol. The molecule has 8 heteroatoms. The molecule has 1 aromatic rings. The van der Waals surface area contributed by atoms with Gasteiger partial charge >= 0.3 is 5.69 Å². The van der Waals surface area contributed by atoms with Crippen LogP contribution in [0.1, 0.15) is 17.2 Å². The molecule has 2 rings (SSSR count). The van der Waals surface area contributed by atoms with Crippen LogP contribution in [0.25, 0.3) is 0 Å². The van der Waals surface area contributed by atoms with E-state index < -0.39 is 48.7 Å². The summed E-state index contributed by atoms with van der Waals surface area (Å²) < 4.78 is 27.9. The van der Waals surface area contributed by atoms with Gasteiger partial charge in [-0.25, -0.2) is 4.79 Å². The normalized spacial score (nSPS) is 39.1. The van der Waals surface area contributed by atoms with Crippen LogP contribution in [0.2, 0.25) is 0 Å². The summed E-state index contributed by atoms with van der Waals surface area (Å²) in [4.78, 5) is 24.6. The summed E-state index contributed by atoms with van der Waals surface area (Å²) in [5.41, 5.74) is -4.55. The highest BCUT2D eigenvalue weighted by Gasteiger charge is 2.53. The molecule has 0 spiro atoms. The van der Waals surface area contributed by atoms with Gasteiger partial charge in [-0.3, -0.25) is 14.3 Å². The molecule has 1 aliphatic heterocycles. The number of hydrogen-bond donors (Lipinski definition) is 4. The topological polar surface area (TPSA) is 125 Å². The molecule has 0 unspecified atom stereocenters. The van der Waals surface area contributed by atoms with E-state index in [9.17, 15) is 19.8 Å². The Balaban J connectivity index is 2.60. The van der Waals surface area contributed by atoms with Crippen LogP contribution in [0.15, 0.2) is 21.9 Å². The van der Waals surface area contributed by atoms with Gasteiger partial charge in [-0.2, -0.15) is 0 Å². The molecule has 1 aliphatic rings. The van der Waals surface area contributed by atoms with Crippen molar-refractivity contribution in [3.8, 4) is 0 Å². The van der Waals surface area contributed by atoms with Gasteiger partial charge in [0.25, 0.3) is 5.56 Å². The average molecular weight is 262 g/mol. The van der Waals surface area contributed by atoms with Crippen molar-refractivity contribution in [2.24, 2.45) is 0 Å². The molecule has 0 aromatic carbocycles. The molecule has 4 atom stereocenters. The number of ether oxygens (including phenoxy) is 1. The highest BCUT2D eigenvalue weighted by molar-refractivity contribution is 5.00. The van der Waals surface area contributed by atoms with Gasteiger partial charge in [0.2, 0.25) is 0 Å². The second-order valence-corrected chi connectivity index (χ2v) is 4.00. The molecule has 0 saturated carbocycles. The number of aliphatic hydroxyl groups is 3. The van der Waals surface area contributed by atoms with E-state index in [0.717, 1.165) is 12.3 Å². The molecular weight excluding hydrogens is 245 g/mol. The van der Waals surface area contributed by atoms with Crippen LogP contribution in [-0.4, -0.2) is 49.3 Å². The van der Waals surface area contributed by atoms with E-state index >= 15 is 0 Å². The van der Waals surface area contributed by atoms with Crippen LogP contribution in [0.3, 0.4) is 0 Å². The number of aromatic nitrogens is 2. The Morgan fingerprint density at radius 1 is 1.67 bits per heavy atom. The van der Waals surface area contributed by atoms with Crippen molar-refractivity contribution in [3.63, 3.8) is 0 Å². The lowest BCUT2D eigenvalue weighted by atomic mass is 10.0. The third-order valence-corrected chi connectivity index (χ3v) is 2.77. The van der Waals surface area contributed by atoms with E-state index in [4.69, 9.17) is 14.0 Å². The minimum atomic E-state index is -3.10. The Labute approximate surface area is 105 Å². The molecule has 0 bridgehead atoms. The number of nitrogens with zero attached hydrogens (tertiary/aromatic N) is 1. The maximum absolute atomic E-state index is 11.7. The first-order valence-electron chi connectivity index (χ1n) is 6.61. The van der Waals surface area contributed by atoms with Gasteiger partial charge in [0.1, 0.15) is 17.8 Å². The van der Waals surface area contributed by atoms with E-state index in [0.29, 0.717) is 4.57 Å². The number of rotatable bonds is 2. The van der Waals surface area contributed by atoms with Crippen LogP contribution in [0.5, 0.6) is 0 Å². The summed E-state index contributed by atoms with van der Waals surface area (Å²) in [7, 11) is 0. The van der Waals surface area contributed by atoms with Crippen molar-refractivity contribution in [1.82, 2.24) is 9.55 Å². The lowest BCUT2D eigenvalue weighted by molar-refractivity contribution is -0.0987. The van der Waals surface area contributed by atoms with Gasteiger partial charge in [0, 0.05) is 16.4 Å². The van der Waals surface area contributed by atoms with Gasteiger partial charge < -0.3 is 20.1 Å². The number of nitrogens with one attached hydrogen (secondary N) is 1.